The van der Waals surface area contributed by atoms with E-state index in [0.29, 0.717) is 24.6 Å². The summed E-state index contributed by atoms with van der Waals surface area (Å²) < 4.78 is 7.98. The zero-order valence-corrected chi connectivity index (χ0v) is 11.1. The lowest BCUT2D eigenvalue weighted by Crippen LogP contribution is -2.11. The first kappa shape index (κ1) is 13.1. The Bertz CT molecular complexity index is 600. The predicted octanol–water partition coefficient (Wildman–Crippen LogP) is -0.00890. The molecule has 19 heavy (non-hydrogen) atoms. The summed E-state index contributed by atoms with van der Waals surface area (Å²) in [5.41, 5.74) is 6.08. The van der Waals surface area contributed by atoms with Crippen molar-refractivity contribution < 1.29 is 9.53 Å². The summed E-state index contributed by atoms with van der Waals surface area (Å²) in [5.74, 6) is 1.04. The highest BCUT2D eigenvalue weighted by Gasteiger charge is 2.20. The molecule has 0 bridgehead atoms. The van der Waals surface area contributed by atoms with Gasteiger partial charge in [-0.25, -0.2) is 14.8 Å². The average molecular weight is 264 g/mol. The highest BCUT2D eigenvalue weighted by Crippen LogP contribution is 2.17. The van der Waals surface area contributed by atoms with E-state index in [0.717, 1.165) is 0 Å². The highest BCUT2D eigenvalue weighted by atomic mass is 16.5. The molecule has 102 valence electrons. The second-order valence-corrected chi connectivity index (χ2v) is 4.03. The minimum absolute atomic E-state index is 0.135. The number of hydrogen-bond donors (Lipinski definition) is 1. The molecule has 2 N–H and O–H groups in total. The normalized spacial score (nSPS) is 10.7. The van der Waals surface area contributed by atoms with Crippen LogP contribution in [0.5, 0.6) is 0 Å². The topological polar surface area (TPSA) is 101 Å². The number of aromatic nitrogens is 5. The largest absolute Gasteiger partial charge is 0.464 e. The van der Waals surface area contributed by atoms with Crippen LogP contribution < -0.4 is 5.73 Å². The van der Waals surface area contributed by atoms with Crippen LogP contribution in [0.15, 0.2) is 6.33 Å². The third-order valence-electron chi connectivity index (χ3n) is 2.73. The zero-order valence-electron chi connectivity index (χ0n) is 11.1. The smallest absolute Gasteiger partial charge is 0.360 e. The second-order valence-electron chi connectivity index (χ2n) is 4.03. The van der Waals surface area contributed by atoms with Gasteiger partial charge < -0.3 is 15.0 Å². The quantitative estimate of drug-likeness (QED) is 0.779. The molecular formula is C11H16N6O2. The molecule has 0 saturated carbocycles. The molecule has 0 unspecified atom stereocenters. The summed E-state index contributed by atoms with van der Waals surface area (Å²) in [6.45, 7) is 2.31. The van der Waals surface area contributed by atoms with Crippen LogP contribution in [0.4, 0.5) is 5.82 Å². The van der Waals surface area contributed by atoms with Gasteiger partial charge >= 0.3 is 5.97 Å². The maximum absolute atomic E-state index is 11.6. The van der Waals surface area contributed by atoms with Gasteiger partial charge in [0.2, 0.25) is 0 Å². The van der Waals surface area contributed by atoms with Crippen LogP contribution >= 0.6 is 0 Å². The monoisotopic (exact) mass is 264 g/mol. The summed E-state index contributed by atoms with van der Waals surface area (Å²) in [6, 6.07) is 0. The molecule has 0 aliphatic heterocycles. The SMILES string of the molecule is CCc1nc(C(=O)OC)c(N)n1Cc1ncn(C)n1. The molecule has 0 atom stereocenters. The van der Waals surface area contributed by atoms with Gasteiger partial charge in [-0.3, -0.25) is 4.68 Å². The summed E-state index contributed by atoms with van der Waals surface area (Å²) in [4.78, 5) is 19.9. The van der Waals surface area contributed by atoms with Crippen molar-refractivity contribution in [2.75, 3.05) is 12.8 Å². The summed E-state index contributed by atoms with van der Waals surface area (Å²) in [6.07, 6.45) is 2.25. The van der Waals surface area contributed by atoms with E-state index >= 15 is 0 Å². The number of anilines is 1. The van der Waals surface area contributed by atoms with Crippen molar-refractivity contribution in [3.05, 3.63) is 23.7 Å². The highest BCUT2D eigenvalue weighted by molar-refractivity contribution is 5.92. The number of imidazole rings is 1. The Morgan fingerprint density at radius 2 is 2.26 bits per heavy atom. The van der Waals surface area contributed by atoms with Gasteiger partial charge in [0.15, 0.2) is 11.5 Å². The Kier molecular flexibility index (Phi) is 3.50. The first-order valence-electron chi connectivity index (χ1n) is 5.84. The molecule has 2 aromatic heterocycles. The van der Waals surface area contributed by atoms with E-state index in [1.807, 2.05) is 6.92 Å². The number of ether oxygens (including phenoxy) is 1. The number of rotatable bonds is 4. The van der Waals surface area contributed by atoms with Gasteiger partial charge in [-0.1, -0.05) is 6.92 Å². The van der Waals surface area contributed by atoms with Gasteiger partial charge in [0.1, 0.15) is 18.0 Å². The van der Waals surface area contributed by atoms with Crippen molar-refractivity contribution in [1.29, 1.82) is 0 Å². The molecule has 0 saturated heterocycles. The molecule has 8 heteroatoms. The van der Waals surface area contributed by atoms with Gasteiger partial charge in [0.25, 0.3) is 0 Å². The van der Waals surface area contributed by atoms with Crippen LogP contribution in [0.1, 0.15) is 29.1 Å². The fraction of sp³-hybridized carbons (Fsp3) is 0.455. The maximum Gasteiger partial charge on any atom is 0.360 e. The Morgan fingerprint density at radius 1 is 1.53 bits per heavy atom. The van der Waals surface area contributed by atoms with Gasteiger partial charge in [0, 0.05) is 13.5 Å². The molecular weight excluding hydrogens is 248 g/mol. The van der Waals surface area contributed by atoms with Crippen LogP contribution in [0.2, 0.25) is 0 Å². The van der Waals surface area contributed by atoms with E-state index in [4.69, 9.17) is 5.73 Å². The molecule has 0 radical (unpaired) electrons. The van der Waals surface area contributed by atoms with Crippen LogP contribution in [-0.2, 0) is 24.8 Å². The number of methoxy groups -OCH3 is 1. The fourth-order valence-electron chi connectivity index (χ4n) is 1.80. The lowest BCUT2D eigenvalue weighted by molar-refractivity contribution is 0.0595. The van der Waals surface area contributed by atoms with E-state index in [1.54, 1.807) is 22.6 Å². The Morgan fingerprint density at radius 3 is 2.79 bits per heavy atom. The van der Waals surface area contributed by atoms with Gasteiger partial charge in [-0.15, -0.1) is 0 Å². The van der Waals surface area contributed by atoms with Gasteiger partial charge in [-0.2, -0.15) is 5.10 Å². The van der Waals surface area contributed by atoms with E-state index in [-0.39, 0.29) is 11.5 Å². The summed E-state index contributed by atoms with van der Waals surface area (Å²) in [7, 11) is 3.08. The second kappa shape index (κ2) is 5.09. The van der Waals surface area contributed by atoms with E-state index < -0.39 is 5.97 Å². The molecule has 0 amide bonds. The summed E-state index contributed by atoms with van der Waals surface area (Å²) >= 11 is 0. The van der Waals surface area contributed by atoms with Crippen molar-refractivity contribution in [3.8, 4) is 0 Å². The minimum atomic E-state index is -0.542. The lowest BCUT2D eigenvalue weighted by atomic mass is 10.4. The van der Waals surface area contributed by atoms with Crippen molar-refractivity contribution >= 4 is 11.8 Å². The first-order chi connectivity index (χ1) is 9.06. The fourth-order valence-corrected chi connectivity index (χ4v) is 1.80. The molecule has 8 nitrogen and oxygen atoms in total. The Balaban J connectivity index is 2.38. The Labute approximate surface area is 110 Å². The van der Waals surface area contributed by atoms with Crippen LogP contribution in [-0.4, -0.2) is 37.4 Å². The van der Waals surface area contributed by atoms with E-state index in [2.05, 4.69) is 19.8 Å². The number of nitrogens with two attached hydrogens (primary N) is 1. The molecule has 2 aromatic rings. The Hall–Kier alpha value is -2.38. The van der Waals surface area contributed by atoms with Gasteiger partial charge in [0.05, 0.1) is 13.7 Å². The minimum Gasteiger partial charge on any atom is -0.464 e. The number of carbonyl (C=O) groups is 1. The van der Waals surface area contributed by atoms with Crippen molar-refractivity contribution in [1.82, 2.24) is 24.3 Å². The third kappa shape index (κ3) is 2.42. The molecule has 0 aliphatic rings. The number of aryl methyl sites for hydroxylation is 2. The lowest BCUT2D eigenvalue weighted by Gasteiger charge is -2.05. The molecule has 0 aliphatic carbocycles. The number of hydrogen-bond acceptors (Lipinski definition) is 6. The number of nitrogens with zero attached hydrogens (tertiary/aromatic N) is 5. The van der Waals surface area contributed by atoms with Crippen molar-refractivity contribution in [2.45, 2.75) is 19.9 Å². The number of nitrogen functional groups attached to an aromatic ring is 1. The zero-order chi connectivity index (χ0) is 14.0. The molecule has 2 heterocycles. The average Bonchev–Trinajstić information content (AvgIpc) is 2.94. The van der Waals surface area contributed by atoms with Crippen LogP contribution in [0.3, 0.4) is 0 Å². The number of carbonyl (C=O) groups excluding carboxylic acids is 1. The maximum atomic E-state index is 11.6. The van der Waals surface area contributed by atoms with Crippen LogP contribution in [0, 0.1) is 0 Å². The summed E-state index contributed by atoms with van der Waals surface area (Å²) in [5, 5.41) is 4.18. The molecule has 0 fully saturated rings. The molecule has 2 rings (SSSR count). The number of esters is 1. The van der Waals surface area contributed by atoms with Crippen molar-refractivity contribution in [2.24, 2.45) is 7.05 Å². The van der Waals surface area contributed by atoms with Crippen LogP contribution in [0.25, 0.3) is 0 Å². The van der Waals surface area contributed by atoms with E-state index in [9.17, 15) is 4.79 Å². The predicted molar refractivity (Wildman–Crippen MR) is 67.5 cm³/mol. The van der Waals surface area contributed by atoms with Crippen molar-refractivity contribution in [3.63, 3.8) is 0 Å². The molecule has 0 spiro atoms. The standard InChI is InChI=1S/C11H16N6O2/c1-4-8-14-9(11(18)19-3)10(12)17(8)5-7-13-6-16(2)15-7/h6H,4-5,12H2,1-3H3. The van der Waals surface area contributed by atoms with Gasteiger partial charge in [-0.05, 0) is 0 Å². The first-order valence-corrected chi connectivity index (χ1v) is 5.84. The van der Waals surface area contributed by atoms with E-state index in [1.165, 1.54) is 7.11 Å². The molecule has 0 aromatic carbocycles. The third-order valence-corrected chi connectivity index (χ3v) is 2.73.